The van der Waals surface area contributed by atoms with Gasteiger partial charge in [0.15, 0.2) is 5.82 Å². The van der Waals surface area contributed by atoms with Gasteiger partial charge in [-0.15, -0.1) is 12.4 Å². The van der Waals surface area contributed by atoms with Crippen molar-refractivity contribution in [3.05, 3.63) is 47.7 Å². The number of nitrogens with zero attached hydrogens (tertiary/aromatic N) is 1. The Morgan fingerprint density at radius 1 is 1.42 bits per heavy atom. The van der Waals surface area contributed by atoms with Crippen molar-refractivity contribution < 1.29 is 9.32 Å². The minimum absolute atomic E-state index is 0. The molecule has 0 spiro atoms. The lowest BCUT2D eigenvalue weighted by Gasteiger charge is -2.10. The van der Waals surface area contributed by atoms with Crippen molar-refractivity contribution in [2.24, 2.45) is 5.73 Å². The summed E-state index contributed by atoms with van der Waals surface area (Å²) >= 11 is 0. The molecule has 3 N–H and O–H groups in total. The van der Waals surface area contributed by atoms with Crippen molar-refractivity contribution in [3.63, 3.8) is 0 Å². The second-order valence-corrected chi connectivity index (χ2v) is 4.11. The van der Waals surface area contributed by atoms with Crippen LogP contribution in [0.4, 0.5) is 5.82 Å². The number of rotatable bonds is 4. The van der Waals surface area contributed by atoms with E-state index in [1.165, 1.54) is 0 Å². The summed E-state index contributed by atoms with van der Waals surface area (Å²) in [6.45, 7) is 1.76. The molecule has 2 aromatic rings. The van der Waals surface area contributed by atoms with Gasteiger partial charge in [0.25, 0.3) is 0 Å². The molecule has 0 aliphatic rings. The summed E-state index contributed by atoms with van der Waals surface area (Å²) < 4.78 is 4.86. The molecule has 1 heterocycles. The Kier molecular flexibility index (Phi) is 5.54. The second-order valence-electron chi connectivity index (χ2n) is 4.11. The number of aryl methyl sites for hydroxylation is 1. The van der Waals surface area contributed by atoms with Crippen molar-refractivity contribution in [3.8, 4) is 0 Å². The van der Waals surface area contributed by atoms with Crippen molar-refractivity contribution in [2.75, 3.05) is 5.32 Å². The fourth-order valence-electron chi connectivity index (χ4n) is 1.60. The zero-order chi connectivity index (χ0) is 13.0. The maximum absolute atomic E-state index is 11.8. The number of hydrogen-bond acceptors (Lipinski definition) is 4. The third-order valence-corrected chi connectivity index (χ3v) is 2.51. The van der Waals surface area contributed by atoms with Crippen LogP contribution in [0.25, 0.3) is 0 Å². The van der Waals surface area contributed by atoms with Crippen molar-refractivity contribution in [2.45, 2.75) is 19.4 Å². The summed E-state index contributed by atoms with van der Waals surface area (Å²) in [7, 11) is 0. The molecular formula is C13H16ClN3O2. The molecule has 19 heavy (non-hydrogen) atoms. The molecule has 0 aliphatic heterocycles. The van der Waals surface area contributed by atoms with Gasteiger partial charge in [-0.05, 0) is 18.9 Å². The number of carbonyl (C=O) groups is 1. The van der Waals surface area contributed by atoms with E-state index in [9.17, 15) is 4.79 Å². The second kappa shape index (κ2) is 6.92. The predicted molar refractivity (Wildman–Crippen MR) is 75.2 cm³/mol. The van der Waals surface area contributed by atoms with E-state index in [0.717, 1.165) is 5.56 Å². The van der Waals surface area contributed by atoms with Crippen LogP contribution in [0.1, 0.15) is 11.3 Å². The number of halogens is 1. The molecule has 5 nitrogen and oxygen atoms in total. The normalized spacial score (nSPS) is 11.5. The van der Waals surface area contributed by atoms with Crippen LogP contribution in [-0.2, 0) is 11.2 Å². The molecule has 102 valence electrons. The Morgan fingerprint density at radius 3 is 2.68 bits per heavy atom. The first-order valence-electron chi connectivity index (χ1n) is 5.69. The number of hydrogen-bond donors (Lipinski definition) is 2. The Balaban J connectivity index is 0.00000180. The number of benzene rings is 1. The molecule has 0 aliphatic carbocycles. The van der Waals surface area contributed by atoms with E-state index in [0.29, 0.717) is 18.0 Å². The van der Waals surface area contributed by atoms with Crippen LogP contribution < -0.4 is 11.1 Å². The van der Waals surface area contributed by atoms with Crippen LogP contribution in [0.5, 0.6) is 0 Å². The highest BCUT2D eigenvalue weighted by atomic mass is 35.5. The van der Waals surface area contributed by atoms with Crippen LogP contribution in [0, 0.1) is 6.92 Å². The quantitative estimate of drug-likeness (QED) is 0.897. The van der Waals surface area contributed by atoms with E-state index in [1.54, 1.807) is 13.0 Å². The number of carbonyl (C=O) groups excluding carboxylic acids is 1. The minimum atomic E-state index is -0.607. The number of amides is 1. The van der Waals surface area contributed by atoms with Gasteiger partial charge in [0.2, 0.25) is 5.91 Å². The summed E-state index contributed by atoms with van der Waals surface area (Å²) in [6, 6.07) is 10.7. The highest BCUT2D eigenvalue weighted by molar-refractivity contribution is 5.94. The van der Waals surface area contributed by atoms with E-state index < -0.39 is 6.04 Å². The number of nitrogens with two attached hydrogens (primary N) is 1. The maximum atomic E-state index is 11.8. The van der Waals surface area contributed by atoms with E-state index in [1.807, 2.05) is 30.3 Å². The first-order chi connectivity index (χ1) is 8.65. The molecule has 1 amide bonds. The molecule has 0 radical (unpaired) electrons. The third kappa shape index (κ3) is 4.39. The average molecular weight is 282 g/mol. The van der Waals surface area contributed by atoms with Gasteiger partial charge in [-0.3, -0.25) is 4.79 Å². The van der Waals surface area contributed by atoms with E-state index >= 15 is 0 Å². The standard InChI is InChI=1S/C13H15N3O2.ClH/c1-9-7-12(16-18-9)15-13(17)11(14)8-10-5-3-2-4-6-10;/h2-7,11H,8,14H2,1H3,(H,15,16,17);1H. The van der Waals surface area contributed by atoms with Crippen molar-refractivity contribution >= 4 is 24.1 Å². The maximum Gasteiger partial charge on any atom is 0.242 e. The lowest BCUT2D eigenvalue weighted by Crippen LogP contribution is -2.37. The molecule has 0 fully saturated rings. The fourth-order valence-corrected chi connectivity index (χ4v) is 1.60. The van der Waals surface area contributed by atoms with Gasteiger partial charge in [0, 0.05) is 6.07 Å². The Hall–Kier alpha value is -1.85. The van der Waals surface area contributed by atoms with Crippen molar-refractivity contribution in [1.29, 1.82) is 0 Å². The highest BCUT2D eigenvalue weighted by Crippen LogP contribution is 2.08. The van der Waals surface area contributed by atoms with Gasteiger partial charge >= 0.3 is 0 Å². The molecule has 1 aromatic carbocycles. The zero-order valence-electron chi connectivity index (χ0n) is 10.5. The molecule has 6 heteroatoms. The van der Waals surface area contributed by atoms with Gasteiger partial charge < -0.3 is 15.6 Å². The van der Waals surface area contributed by atoms with Gasteiger partial charge in [-0.2, -0.15) is 0 Å². The smallest absolute Gasteiger partial charge is 0.242 e. The van der Waals surface area contributed by atoms with Gasteiger partial charge in [0.1, 0.15) is 5.76 Å². The molecule has 1 aromatic heterocycles. The van der Waals surface area contributed by atoms with Crippen LogP contribution >= 0.6 is 12.4 Å². The topological polar surface area (TPSA) is 81.2 Å². The van der Waals surface area contributed by atoms with E-state index in [2.05, 4.69) is 10.5 Å². The number of aromatic nitrogens is 1. The molecule has 0 saturated carbocycles. The van der Waals surface area contributed by atoms with E-state index in [-0.39, 0.29) is 18.3 Å². The molecule has 1 unspecified atom stereocenters. The van der Waals surface area contributed by atoms with Crippen LogP contribution in [0.2, 0.25) is 0 Å². The van der Waals surface area contributed by atoms with Crippen LogP contribution in [0.3, 0.4) is 0 Å². The fraction of sp³-hybridized carbons (Fsp3) is 0.231. The summed E-state index contributed by atoms with van der Waals surface area (Å²) in [5.41, 5.74) is 6.86. The summed E-state index contributed by atoms with van der Waals surface area (Å²) in [4.78, 5) is 11.8. The average Bonchev–Trinajstić information content (AvgIpc) is 2.76. The Bertz CT molecular complexity index is 528. The molecule has 0 saturated heterocycles. The highest BCUT2D eigenvalue weighted by Gasteiger charge is 2.15. The first-order valence-corrected chi connectivity index (χ1v) is 5.69. The van der Waals surface area contributed by atoms with Crippen molar-refractivity contribution in [1.82, 2.24) is 5.16 Å². The first kappa shape index (κ1) is 15.2. The molecule has 0 bridgehead atoms. The third-order valence-electron chi connectivity index (χ3n) is 2.51. The molecular weight excluding hydrogens is 266 g/mol. The van der Waals surface area contributed by atoms with Gasteiger partial charge in [0.05, 0.1) is 6.04 Å². The van der Waals surface area contributed by atoms with E-state index in [4.69, 9.17) is 10.3 Å². The SMILES string of the molecule is Cc1cc(NC(=O)C(N)Cc2ccccc2)no1.Cl. The van der Waals surface area contributed by atoms with Gasteiger partial charge in [-0.1, -0.05) is 35.5 Å². The molecule has 1 atom stereocenters. The number of anilines is 1. The van der Waals surface area contributed by atoms with Crippen LogP contribution in [0.15, 0.2) is 40.9 Å². The monoisotopic (exact) mass is 281 g/mol. The van der Waals surface area contributed by atoms with Crippen LogP contribution in [-0.4, -0.2) is 17.1 Å². The Morgan fingerprint density at radius 2 is 2.11 bits per heavy atom. The van der Waals surface area contributed by atoms with Gasteiger partial charge in [-0.25, -0.2) is 0 Å². The lowest BCUT2D eigenvalue weighted by atomic mass is 10.1. The number of nitrogens with one attached hydrogen (secondary N) is 1. The predicted octanol–water partition coefficient (Wildman–Crippen LogP) is 1.91. The summed E-state index contributed by atoms with van der Waals surface area (Å²) in [5.74, 6) is 0.759. The Labute approximate surface area is 117 Å². The summed E-state index contributed by atoms with van der Waals surface area (Å²) in [6.07, 6.45) is 0.490. The largest absolute Gasteiger partial charge is 0.360 e. The summed E-state index contributed by atoms with van der Waals surface area (Å²) in [5, 5.41) is 6.30. The molecule has 2 rings (SSSR count). The zero-order valence-corrected chi connectivity index (χ0v) is 11.3. The minimum Gasteiger partial charge on any atom is -0.360 e. The lowest BCUT2D eigenvalue weighted by molar-refractivity contribution is -0.117.